The molecule has 0 spiro atoms. The zero-order valence-electron chi connectivity index (χ0n) is 10.8. The minimum atomic E-state index is -5.04. The molecule has 1 aromatic rings. The van der Waals surface area contributed by atoms with Crippen LogP contribution in [0, 0.1) is 0 Å². The second-order valence-electron chi connectivity index (χ2n) is 4.18. The Bertz CT molecular complexity index is 569. The molecule has 21 heavy (non-hydrogen) atoms. The Morgan fingerprint density at radius 3 is 2.71 bits per heavy atom. The fourth-order valence-electron chi connectivity index (χ4n) is 1.97. The topological polar surface area (TPSA) is 67.8 Å². The lowest BCUT2D eigenvalue weighted by Crippen LogP contribution is -2.40. The molecule has 9 heteroatoms. The molecule has 2 rings (SSSR count). The maximum Gasteiger partial charge on any atom is 0.456 e. The lowest BCUT2D eigenvalue weighted by atomic mass is 9.91. The predicted octanol–water partition coefficient (Wildman–Crippen LogP) is 1.85. The van der Waals surface area contributed by atoms with Crippen LogP contribution in [-0.2, 0) is 14.3 Å². The van der Waals surface area contributed by atoms with Gasteiger partial charge in [0.25, 0.3) is 5.78 Å². The minimum absolute atomic E-state index is 0.0801. The number of hydrogen-bond acceptors (Lipinski definition) is 6. The molecule has 114 valence electrons. The van der Waals surface area contributed by atoms with E-state index in [0.717, 1.165) is 11.3 Å². The van der Waals surface area contributed by atoms with E-state index in [2.05, 4.69) is 10.5 Å². The molecule has 1 aliphatic heterocycles. The van der Waals surface area contributed by atoms with Crippen LogP contribution in [0.3, 0.4) is 0 Å². The molecule has 1 aliphatic rings. The summed E-state index contributed by atoms with van der Waals surface area (Å²) >= 11 is 1.14. The van der Waals surface area contributed by atoms with E-state index in [0.29, 0.717) is 4.88 Å². The minimum Gasteiger partial charge on any atom is -0.464 e. The van der Waals surface area contributed by atoms with Gasteiger partial charge in [0.05, 0.1) is 12.5 Å². The van der Waals surface area contributed by atoms with E-state index >= 15 is 0 Å². The van der Waals surface area contributed by atoms with Crippen LogP contribution >= 0.6 is 11.3 Å². The summed E-state index contributed by atoms with van der Waals surface area (Å²) in [6.07, 6.45) is -5.04. The van der Waals surface area contributed by atoms with Gasteiger partial charge in [-0.05, 0) is 18.4 Å². The van der Waals surface area contributed by atoms with Crippen LogP contribution < -0.4 is 5.43 Å². The average molecular weight is 320 g/mol. The second-order valence-corrected chi connectivity index (χ2v) is 5.16. The number of thiophene rings is 1. The number of nitrogens with zero attached hydrogens (tertiary/aromatic N) is 1. The maximum absolute atomic E-state index is 12.6. The van der Waals surface area contributed by atoms with Crippen LogP contribution in [-0.4, -0.2) is 36.3 Å². The lowest BCUT2D eigenvalue weighted by Gasteiger charge is -2.18. The molecule has 0 amide bonds. The van der Waals surface area contributed by atoms with Gasteiger partial charge in [-0.3, -0.25) is 10.2 Å². The number of ketones is 1. The molecule has 0 unspecified atom stereocenters. The van der Waals surface area contributed by atoms with E-state index in [9.17, 15) is 22.8 Å². The Kier molecular flexibility index (Phi) is 4.31. The summed E-state index contributed by atoms with van der Waals surface area (Å²) in [5.74, 6) is -3.90. The zero-order chi connectivity index (χ0) is 15.6. The van der Waals surface area contributed by atoms with Gasteiger partial charge in [0.2, 0.25) is 0 Å². The first-order valence-electron chi connectivity index (χ1n) is 6.01. The lowest BCUT2D eigenvalue weighted by molar-refractivity contribution is -0.163. The Morgan fingerprint density at radius 2 is 2.19 bits per heavy atom. The van der Waals surface area contributed by atoms with E-state index in [1.165, 1.54) is 0 Å². The number of halogens is 3. The normalized spacial score (nSPS) is 21.6. The van der Waals surface area contributed by atoms with Gasteiger partial charge in [0, 0.05) is 4.88 Å². The summed E-state index contributed by atoms with van der Waals surface area (Å²) in [4.78, 5) is 23.7. The summed E-state index contributed by atoms with van der Waals surface area (Å²) in [6.45, 7) is 1.66. The van der Waals surface area contributed by atoms with Gasteiger partial charge in [0.15, 0.2) is 6.04 Å². The van der Waals surface area contributed by atoms with Crippen molar-refractivity contribution < 1.29 is 27.5 Å². The molecule has 1 aromatic heterocycles. The van der Waals surface area contributed by atoms with E-state index in [-0.39, 0.29) is 6.61 Å². The molecular formula is C12H11F3N2O3S. The van der Waals surface area contributed by atoms with Gasteiger partial charge >= 0.3 is 12.1 Å². The highest BCUT2D eigenvalue weighted by molar-refractivity contribution is 7.10. The third-order valence-electron chi connectivity index (χ3n) is 2.83. The Morgan fingerprint density at radius 1 is 1.48 bits per heavy atom. The molecule has 0 bridgehead atoms. The van der Waals surface area contributed by atoms with Crippen molar-refractivity contribution in [1.29, 1.82) is 0 Å². The van der Waals surface area contributed by atoms with Crippen molar-refractivity contribution in [3.63, 3.8) is 0 Å². The van der Waals surface area contributed by atoms with Gasteiger partial charge in [-0.1, -0.05) is 6.07 Å². The van der Waals surface area contributed by atoms with Gasteiger partial charge in [-0.25, -0.2) is 4.79 Å². The van der Waals surface area contributed by atoms with Gasteiger partial charge in [0.1, 0.15) is 5.71 Å². The number of esters is 1. The molecule has 2 atom stereocenters. The summed E-state index contributed by atoms with van der Waals surface area (Å²) < 4.78 is 42.7. The zero-order valence-corrected chi connectivity index (χ0v) is 11.6. The third kappa shape index (κ3) is 3.07. The number of alkyl halides is 3. The van der Waals surface area contributed by atoms with Gasteiger partial charge in [-0.15, -0.1) is 11.3 Å². The summed E-state index contributed by atoms with van der Waals surface area (Å²) in [7, 11) is 0. The van der Waals surface area contributed by atoms with Crippen molar-refractivity contribution >= 4 is 28.8 Å². The van der Waals surface area contributed by atoms with Crippen LogP contribution in [0.4, 0.5) is 13.2 Å². The number of rotatable bonds is 4. The van der Waals surface area contributed by atoms with E-state index < -0.39 is 35.6 Å². The molecule has 1 N–H and O–H groups in total. The fraction of sp³-hybridized carbons (Fsp3) is 0.417. The monoisotopic (exact) mass is 320 g/mol. The van der Waals surface area contributed by atoms with Crippen molar-refractivity contribution in [3.05, 3.63) is 22.4 Å². The van der Waals surface area contributed by atoms with Crippen molar-refractivity contribution in [3.8, 4) is 0 Å². The predicted molar refractivity (Wildman–Crippen MR) is 69.1 cm³/mol. The van der Waals surface area contributed by atoms with Crippen LogP contribution in [0.25, 0.3) is 0 Å². The van der Waals surface area contributed by atoms with E-state index in [4.69, 9.17) is 4.74 Å². The number of carbonyl (C=O) groups excluding carboxylic acids is 2. The molecule has 0 aromatic carbocycles. The van der Waals surface area contributed by atoms with Crippen molar-refractivity contribution in [1.82, 2.24) is 5.43 Å². The molecule has 0 saturated carbocycles. The van der Waals surface area contributed by atoms with E-state index in [1.807, 2.05) is 0 Å². The fourth-order valence-corrected chi connectivity index (χ4v) is 2.83. The average Bonchev–Trinajstić information content (AvgIpc) is 3.05. The maximum atomic E-state index is 12.6. The van der Waals surface area contributed by atoms with Crippen molar-refractivity contribution in [2.24, 2.45) is 5.10 Å². The van der Waals surface area contributed by atoms with Crippen LogP contribution in [0.5, 0.6) is 0 Å². The second kappa shape index (κ2) is 5.84. The Balaban J connectivity index is 2.34. The smallest absolute Gasteiger partial charge is 0.456 e. The first-order valence-corrected chi connectivity index (χ1v) is 6.89. The first-order chi connectivity index (χ1) is 9.86. The Hall–Kier alpha value is -1.90. The highest BCUT2D eigenvalue weighted by Crippen LogP contribution is 2.33. The number of carbonyl (C=O) groups is 2. The van der Waals surface area contributed by atoms with Crippen molar-refractivity contribution in [2.45, 2.75) is 25.1 Å². The number of hydrogen-bond donors (Lipinski definition) is 1. The number of ether oxygens (including phenoxy) is 1. The van der Waals surface area contributed by atoms with Crippen LogP contribution in [0.1, 0.15) is 17.7 Å². The Labute approximate surface area is 121 Å². The largest absolute Gasteiger partial charge is 0.464 e. The van der Waals surface area contributed by atoms with Gasteiger partial charge < -0.3 is 4.74 Å². The molecule has 0 saturated heterocycles. The molecule has 0 radical (unpaired) electrons. The molecule has 2 heterocycles. The number of nitrogens with one attached hydrogen (secondary N) is 1. The number of Topliss-reactive ketones (excluding diaryl/α,β-unsaturated/α-hetero) is 1. The van der Waals surface area contributed by atoms with Crippen LogP contribution in [0.2, 0.25) is 0 Å². The van der Waals surface area contributed by atoms with Crippen molar-refractivity contribution in [2.75, 3.05) is 6.61 Å². The summed E-state index contributed by atoms with van der Waals surface area (Å²) in [5, 5.41) is 5.07. The van der Waals surface area contributed by atoms with E-state index in [1.54, 1.807) is 24.4 Å². The molecule has 0 aliphatic carbocycles. The first kappa shape index (κ1) is 15.5. The third-order valence-corrected chi connectivity index (χ3v) is 3.79. The van der Waals surface area contributed by atoms with Crippen LogP contribution in [0.15, 0.2) is 22.6 Å². The van der Waals surface area contributed by atoms with Gasteiger partial charge in [-0.2, -0.15) is 18.3 Å². The molecule has 0 fully saturated rings. The number of hydrazone groups is 1. The summed E-state index contributed by atoms with van der Waals surface area (Å²) in [5.41, 5.74) is 1.56. The molecular weight excluding hydrogens is 309 g/mol. The molecule has 5 nitrogen and oxygen atoms in total. The summed E-state index contributed by atoms with van der Waals surface area (Å²) in [6, 6.07) is 2.04. The quantitative estimate of drug-likeness (QED) is 0.860. The standard InChI is InChI=1S/C12H11F3N2O3S/c1-2-20-11(19)9-7(6-4-3-5-21-6)8(16-17-9)10(18)12(13,14)15/h3-5,7,9,17H,2H2,1H3/t7-,9+/m0/s1. The highest BCUT2D eigenvalue weighted by Gasteiger charge is 2.50. The highest BCUT2D eigenvalue weighted by atomic mass is 32.1. The SMILES string of the molecule is CCOC(=O)[C@@H]1NN=C(C(=O)C(F)(F)F)[C@@H]1c1cccs1.